The number of nitrogens with zero attached hydrogens (tertiary/aromatic N) is 1. The molecule has 1 fully saturated rings. The summed E-state index contributed by atoms with van der Waals surface area (Å²) < 4.78 is 0. The summed E-state index contributed by atoms with van der Waals surface area (Å²) in [5.74, 6) is -0.699. The maximum atomic E-state index is 13.0. The molecule has 6 heteroatoms. The van der Waals surface area contributed by atoms with Crippen molar-refractivity contribution in [1.82, 2.24) is 15.2 Å². The first-order valence-electron chi connectivity index (χ1n) is 8.72. The summed E-state index contributed by atoms with van der Waals surface area (Å²) in [4.78, 5) is 42.5. The Hall–Kier alpha value is -3.41. The van der Waals surface area contributed by atoms with E-state index in [9.17, 15) is 14.4 Å². The van der Waals surface area contributed by atoms with E-state index in [-0.39, 0.29) is 12.3 Å². The van der Waals surface area contributed by atoms with E-state index in [0.29, 0.717) is 11.1 Å². The molecule has 1 atom stereocenters. The number of ketones is 1. The monoisotopic (exact) mass is 361 g/mol. The summed E-state index contributed by atoms with van der Waals surface area (Å²) >= 11 is 0. The van der Waals surface area contributed by atoms with Crippen molar-refractivity contribution < 1.29 is 14.4 Å². The number of para-hydroxylation sites is 1. The molecular formula is C21H19N3O3. The van der Waals surface area contributed by atoms with Gasteiger partial charge in [-0.2, -0.15) is 0 Å². The number of hydrogen-bond acceptors (Lipinski definition) is 3. The third kappa shape index (κ3) is 2.61. The lowest BCUT2D eigenvalue weighted by Crippen LogP contribution is -2.41. The number of benzene rings is 2. The molecule has 27 heavy (non-hydrogen) atoms. The largest absolute Gasteiger partial charge is 0.358 e. The third-order valence-corrected chi connectivity index (χ3v) is 5.10. The quantitative estimate of drug-likeness (QED) is 0.553. The number of carbonyl (C=O) groups is 3. The van der Waals surface area contributed by atoms with E-state index in [1.807, 2.05) is 49.4 Å². The number of carbonyl (C=O) groups excluding carboxylic acids is 3. The molecule has 2 heterocycles. The average molecular weight is 361 g/mol. The van der Waals surface area contributed by atoms with Gasteiger partial charge >= 0.3 is 6.03 Å². The number of Topliss-reactive ketones (excluding diaryl/α,β-unsaturated/α-hetero) is 1. The van der Waals surface area contributed by atoms with Crippen LogP contribution in [-0.2, 0) is 10.3 Å². The highest BCUT2D eigenvalue weighted by molar-refractivity contribution is 6.15. The zero-order chi connectivity index (χ0) is 19.2. The van der Waals surface area contributed by atoms with E-state index in [1.165, 1.54) is 0 Å². The normalized spacial score (nSPS) is 19.6. The molecule has 1 aromatic heterocycles. The van der Waals surface area contributed by atoms with Crippen molar-refractivity contribution in [2.45, 2.75) is 19.4 Å². The first-order chi connectivity index (χ1) is 12.9. The SMILES string of the molecule is Cc1[nH]c2ccccc2c1C(=O)CN1C(=O)N[C@](C)(c2ccccc2)C1=O. The van der Waals surface area contributed by atoms with E-state index < -0.39 is 17.5 Å². The van der Waals surface area contributed by atoms with Gasteiger partial charge in [0.05, 0.1) is 6.54 Å². The van der Waals surface area contributed by atoms with Crippen LogP contribution in [0.3, 0.4) is 0 Å². The maximum absolute atomic E-state index is 13.0. The first-order valence-corrected chi connectivity index (χ1v) is 8.72. The number of nitrogens with one attached hydrogen (secondary N) is 2. The Bertz CT molecular complexity index is 1070. The molecule has 4 rings (SSSR count). The fraction of sp³-hybridized carbons (Fsp3) is 0.190. The summed E-state index contributed by atoms with van der Waals surface area (Å²) in [5.41, 5.74) is 1.60. The molecule has 1 saturated heterocycles. The minimum atomic E-state index is -1.17. The molecule has 1 aliphatic heterocycles. The van der Waals surface area contributed by atoms with Crippen molar-refractivity contribution in [3.8, 4) is 0 Å². The Morgan fingerprint density at radius 1 is 1.04 bits per heavy atom. The van der Waals surface area contributed by atoms with Gasteiger partial charge in [0.2, 0.25) is 0 Å². The molecule has 0 bridgehead atoms. The number of aromatic nitrogens is 1. The van der Waals surface area contributed by atoms with E-state index in [2.05, 4.69) is 10.3 Å². The van der Waals surface area contributed by atoms with Gasteiger partial charge in [-0.1, -0.05) is 48.5 Å². The summed E-state index contributed by atoms with van der Waals surface area (Å²) in [6.07, 6.45) is 0. The van der Waals surface area contributed by atoms with Crippen LogP contribution < -0.4 is 5.32 Å². The Morgan fingerprint density at radius 2 is 1.70 bits per heavy atom. The third-order valence-electron chi connectivity index (χ3n) is 5.10. The van der Waals surface area contributed by atoms with Gasteiger partial charge < -0.3 is 10.3 Å². The van der Waals surface area contributed by atoms with Crippen molar-refractivity contribution >= 4 is 28.6 Å². The zero-order valence-corrected chi connectivity index (χ0v) is 15.1. The molecule has 0 unspecified atom stereocenters. The Morgan fingerprint density at radius 3 is 2.44 bits per heavy atom. The summed E-state index contributed by atoms with van der Waals surface area (Å²) in [6.45, 7) is 3.17. The van der Waals surface area contributed by atoms with Crippen LogP contribution >= 0.6 is 0 Å². The van der Waals surface area contributed by atoms with Gasteiger partial charge in [-0.3, -0.25) is 14.5 Å². The molecule has 0 spiro atoms. The Balaban J connectivity index is 1.65. The van der Waals surface area contributed by atoms with Crippen molar-refractivity contribution in [2.24, 2.45) is 0 Å². The van der Waals surface area contributed by atoms with Gasteiger partial charge in [-0.25, -0.2) is 4.79 Å². The van der Waals surface area contributed by atoms with Gasteiger partial charge in [0.25, 0.3) is 5.91 Å². The lowest BCUT2D eigenvalue weighted by atomic mass is 9.92. The van der Waals surface area contributed by atoms with Crippen LogP contribution in [0.4, 0.5) is 4.79 Å². The van der Waals surface area contributed by atoms with E-state index in [0.717, 1.165) is 21.5 Å². The number of hydrogen-bond donors (Lipinski definition) is 2. The molecule has 0 saturated carbocycles. The van der Waals surface area contributed by atoms with Crippen LogP contribution in [0, 0.1) is 6.92 Å². The second kappa shape index (κ2) is 6.09. The average Bonchev–Trinajstić information content (AvgIpc) is 3.11. The lowest BCUT2D eigenvalue weighted by molar-refractivity contribution is -0.130. The molecule has 136 valence electrons. The van der Waals surface area contributed by atoms with E-state index in [4.69, 9.17) is 0 Å². The number of rotatable bonds is 4. The number of H-pyrrole nitrogens is 1. The molecule has 3 amide bonds. The van der Waals surface area contributed by atoms with Crippen LogP contribution in [0.2, 0.25) is 0 Å². The fourth-order valence-corrected chi connectivity index (χ4v) is 3.67. The predicted molar refractivity (Wildman–Crippen MR) is 101 cm³/mol. The van der Waals surface area contributed by atoms with Crippen LogP contribution in [0.25, 0.3) is 10.9 Å². The van der Waals surface area contributed by atoms with Gasteiger partial charge in [-0.05, 0) is 25.5 Å². The number of imide groups is 1. The van der Waals surface area contributed by atoms with Crippen molar-refractivity contribution in [2.75, 3.05) is 6.54 Å². The van der Waals surface area contributed by atoms with Crippen LogP contribution in [0.5, 0.6) is 0 Å². The van der Waals surface area contributed by atoms with Crippen LogP contribution in [0.15, 0.2) is 54.6 Å². The van der Waals surface area contributed by atoms with Gasteiger partial charge in [-0.15, -0.1) is 0 Å². The number of amides is 3. The molecule has 2 aromatic carbocycles. The van der Waals surface area contributed by atoms with Crippen LogP contribution in [0.1, 0.15) is 28.5 Å². The topological polar surface area (TPSA) is 82.3 Å². The smallest absolute Gasteiger partial charge is 0.325 e. The van der Waals surface area contributed by atoms with E-state index in [1.54, 1.807) is 19.1 Å². The highest BCUT2D eigenvalue weighted by atomic mass is 16.2. The molecule has 2 N–H and O–H groups in total. The fourth-order valence-electron chi connectivity index (χ4n) is 3.67. The minimum Gasteiger partial charge on any atom is -0.358 e. The van der Waals surface area contributed by atoms with Crippen molar-refractivity contribution in [1.29, 1.82) is 0 Å². The Kier molecular flexibility index (Phi) is 3.84. The number of aryl methyl sites for hydroxylation is 1. The second-order valence-corrected chi connectivity index (χ2v) is 6.91. The highest BCUT2D eigenvalue weighted by Gasteiger charge is 2.49. The molecule has 1 aliphatic rings. The van der Waals surface area contributed by atoms with Crippen molar-refractivity contribution in [3.05, 3.63) is 71.4 Å². The summed E-state index contributed by atoms with van der Waals surface area (Å²) in [5, 5.41) is 3.52. The standard InChI is InChI=1S/C21H19N3O3/c1-13-18(15-10-6-7-11-16(15)22-13)17(25)12-24-19(26)21(2,23-20(24)27)14-8-4-3-5-9-14/h3-11,22H,12H2,1-2H3,(H,23,27)/t21-/m1/s1. The molecule has 0 aliphatic carbocycles. The summed E-state index contributed by atoms with van der Waals surface area (Å²) in [6, 6.07) is 16.0. The zero-order valence-electron chi connectivity index (χ0n) is 15.1. The number of urea groups is 1. The minimum absolute atomic E-state index is 0.272. The lowest BCUT2D eigenvalue weighted by Gasteiger charge is -2.22. The van der Waals surface area contributed by atoms with Crippen molar-refractivity contribution in [3.63, 3.8) is 0 Å². The molecule has 3 aromatic rings. The predicted octanol–water partition coefficient (Wildman–Crippen LogP) is 3.13. The highest BCUT2D eigenvalue weighted by Crippen LogP contribution is 2.29. The molecule has 6 nitrogen and oxygen atoms in total. The van der Waals surface area contributed by atoms with E-state index >= 15 is 0 Å². The van der Waals surface area contributed by atoms with Gasteiger partial charge in [0.15, 0.2) is 5.78 Å². The number of fused-ring (bicyclic) bond motifs is 1. The second-order valence-electron chi connectivity index (χ2n) is 6.91. The summed E-state index contributed by atoms with van der Waals surface area (Å²) in [7, 11) is 0. The molecular weight excluding hydrogens is 342 g/mol. The Labute approximate surface area is 156 Å². The first kappa shape index (κ1) is 17.0. The maximum Gasteiger partial charge on any atom is 0.325 e. The van der Waals surface area contributed by atoms with Crippen LogP contribution in [-0.4, -0.2) is 34.2 Å². The van der Waals surface area contributed by atoms with Gasteiger partial charge in [0.1, 0.15) is 5.54 Å². The number of aromatic amines is 1. The molecule has 0 radical (unpaired) electrons. The van der Waals surface area contributed by atoms with Gasteiger partial charge in [0, 0.05) is 22.2 Å².